The maximum absolute atomic E-state index is 2.56. The second-order valence-corrected chi connectivity index (χ2v) is 4.65. The first-order chi connectivity index (χ1) is 6.75. The first-order valence-electron chi connectivity index (χ1n) is 5.55. The molecule has 0 bridgehead atoms. The van der Waals surface area contributed by atoms with Gasteiger partial charge in [0.2, 0.25) is 0 Å². The van der Waals surface area contributed by atoms with Crippen LogP contribution in [0.15, 0.2) is 24.3 Å². The molecular weight excluding hydrogens is 206 g/mol. The van der Waals surface area contributed by atoms with Crippen molar-refractivity contribution in [2.75, 3.05) is 13.1 Å². The molecule has 1 nitrogen and oxygen atoms in total. The molecule has 0 fully saturated rings. The molecule has 0 aromatic heterocycles. The van der Waals surface area contributed by atoms with Crippen LogP contribution in [0.25, 0.3) is 0 Å². The number of halogens is 1. The Balaban J connectivity index is 0.00000112. The van der Waals surface area contributed by atoms with E-state index in [2.05, 4.69) is 43.0 Å². The van der Waals surface area contributed by atoms with E-state index in [1.807, 2.05) is 0 Å². The summed E-state index contributed by atoms with van der Waals surface area (Å²) in [4.78, 5) is 2.56. The van der Waals surface area contributed by atoms with Crippen LogP contribution in [0.5, 0.6) is 0 Å². The van der Waals surface area contributed by atoms with E-state index in [1.165, 1.54) is 25.1 Å². The molecule has 0 saturated carbocycles. The first-order valence-corrected chi connectivity index (χ1v) is 5.55. The van der Waals surface area contributed by atoms with E-state index in [-0.39, 0.29) is 12.4 Å². The van der Waals surface area contributed by atoms with Gasteiger partial charge in [-0.1, -0.05) is 38.1 Å². The number of benzene rings is 1. The molecule has 1 aliphatic heterocycles. The summed E-state index contributed by atoms with van der Waals surface area (Å²) in [5.74, 6) is 0.778. The van der Waals surface area contributed by atoms with Gasteiger partial charge in [0.1, 0.15) is 0 Å². The molecule has 1 aliphatic rings. The first kappa shape index (κ1) is 12.5. The average Bonchev–Trinajstić information content (AvgIpc) is 2.17. The van der Waals surface area contributed by atoms with E-state index in [9.17, 15) is 0 Å². The molecular formula is C13H20ClN. The van der Waals surface area contributed by atoms with Gasteiger partial charge in [-0.2, -0.15) is 0 Å². The summed E-state index contributed by atoms with van der Waals surface area (Å²) in [6.07, 6.45) is 1.23. The Morgan fingerprint density at radius 1 is 1.20 bits per heavy atom. The van der Waals surface area contributed by atoms with Gasteiger partial charge in [-0.15, -0.1) is 12.4 Å². The quantitative estimate of drug-likeness (QED) is 0.748. The summed E-state index contributed by atoms with van der Waals surface area (Å²) in [7, 11) is 0. The molecule has 1 aromatic carbocycles. The Bertz CT molecular complexity index is 309. The monoisotopic (exact) mass is 225 g/mol. The predicted octanol–water partition coefficient (Wildman–Crippen LogP) is 3.12. The molecule has 0 aliphatic carbocycles. The largest absolute Gasteiger partial charge is 0.298 e. The van der Waals surface area contributed by atoms with E-state index in [0.717, 1.165) is 12.5 Å². The highest BCUT2D eigenvalue weighted by atomic mass is 35.5. The smallest absolute Gasteiger partial charge is 0.0236 e. The third-order valence-corrected chi connectivity index (χ3v) is 2.83. The van der Waals surface area contributed by atoms with Crippen molar-refractivity contribution in [1.82, 2.24) is 4.90 Å². The van der Waals surface area contributed by atoms with Crippen LogP contribution in [-0.2, 0) is 13.0 Å². The molecule has 15 heavy (non-hydrogen) atoms. The summed E-state index contributed by atoms with van der Waals surface area (Å²) in [5, 5.41) is 0. The van der Waals surface area contributed by atoms with Gasteiger partial charge in [0.15, 0.2) is 0 Å². The Kier molecular flexibility index (Phi) is 4.62. The molecule has 1 aromatic rings. The molecule has 2 heteroatoms. The Labute approximate surface area is 98.9 Å². The van der Waals surface area contributed by atoms with Gasteiger partial charge < -0.3 is 0 Å². The molecule has 0 radical (unpaired) electrons. The van der Waals surface area contributed by atoms with Gasteiger partial charge in [-0.25, -0.2) is 0 Å². The standard InChI is InChI=1S/C13H19N.ClH/c1-11(2)9-14-8-7-12-5-3-4-6-13(12)10-14;/h3-6,11H,7-10H2,1-2H3;1H. The SMILES string of the molecule is CC(C)CN1CCc2ccccc2C1.Cl. The fourth-order valence-corrected chi connectivity index (χ4v) is 2.23. The second-order valence-electron chi connectivity index (χ2n) is 4.65. The van der Waals surface area contributed by atoms with Crippen LogP contribution < -0.4 is 0 Å². The minimum absolute atomic E-state index is 0. The number of rotatable bonds is 2. The highest BCUT2D eigenvalue weighted by Crippen LogP contribution is 2.18. The molecule has 0 unspecified atom stereocenters. The average molecular weight is 226 g/mol. The number of hydrogen-bond acceptors (Lipinski definition) is 1. The second kappa shape index (κ2) is 5.53. The highest BCUT2D eigenvalue weighted by molar-refractivity contribution is 5.85. The van der Waals surface area contributed by atoms with Gasteiger partial charge in [-0.05, 0) is 23.5 Å². The van der Waals surface area contributed by atoms with Crippen molar-refractivity contribution in [3.63, 3.8) is 0 Å². The van der Waals surface area contributed by atoms with Crippen molar-refractivity contribution in [2.45, 2.75) is 26.8 Å². The van der Waals surface area contributed by atoms with Crippen molar-refractivity contribution >= 4 is 12.4 Å². The van der Waals surface area contributed by atoms with E-state index in [1.54, 1.807) is 5.56 Å². The molecule has 0 N–H and O–H groups in total. The predicted molar refractivity (Wildman–Crippen MR) is 67.5 cm³/mol. The Hall–Kier alpha value is -0.530. The van der Waals surface area contributed by atoms with Crippen molar-refractivity contribution < 1.29 is 0 Å². The molecule has 0 atom stereocenters. The topological polar surface area (TPSA) is 3.24 Å². The van der Waals surface area contributed by atoms with Crippen molar-refractivity contribution in [2.24, 2.45) is 5.92 Å². The summed E-state index contributed by atoms with van der Waals surface area (Å²) >= 11 is 0. The summed E-state index contributed by atoms with van der Waals surface area (Å²) in [6, 6.07) is 8.83. The van der Waals surface area contributed by atoms with Gasteiger partial charge in [0, 0.05) is 19.6 Å². The van der Waals surface area contributed by atoms with Gasteiger partial charge in [0.05, 0.1) is 0 Å². The van der Waals surface area contributed by atoms with Gasteiger partial charge in [0.25, 0.3) is 0 Å². The lowest BCUT2D eigenvalue weighted by atomic mass is 9.99. The molecule has 1 heterocycles. The van der Waals surface area contributed by atoms with Crippen LogP contribution in [-0.4, -0.2) is 18.0 Å². The Morgan fingerprint density at radius 3 is 2.53 bits per heavy atom. The summed E-state index contributed by atoms with van der Waals surface area (Å²) in [6.45, 7) is 8.19. The number of hydrogen-bond donors (Lipinski definition) is 0. The van der Waals surface area contributed by atoms with Crippen molar-refractivity contribution in [3.8, 4) is 0 Å². The lowest BCUT2D eigenvalue weighted by Gasteiger charge is -2.29. The fourth-order valence-electron chi connectivity index (χ4n) is 2.23. The van der Waals surface area contributed by atoms with Crippen LogP contribution in [0.2, 0.25) is 0 Å². The van der Waals surface area contributed by atoms with Gasteiger partial charge in [-0.3, -0.25) is 4.90 Å². The maximum atomic E-state index is 2.56. The molecule has 84 valence electrons. The highest BCUT2D eigenvalue weighted by Gasteiger charge is 2.15. The van der Waals surface area contributed by atoms with Gasteiger partial charge >= 0.3 is 0 Å². The van der Waals surface area contributed by atoms with E-state index in [0.29, 0.717) is 0 Å². The molecule has 0 saturated heterocycles. The van der Waals surface area contributed by atoms with E-state index in [4.69, 9.17) is 0 Å². The minimum Gasteiger partial charge on any atom is -0.298 e. The number of nitrogens with zero attached hydrogens (tertiary/aromatic N) is 1. The number of fused-ring (bicyclic) bond motifs is 1. The van der Waals surface area contributed by atoms with E-state index < -0.39 is 0 Å². The van der Waals surface area contributed by atoms with Crippen LogP contribution in [0.3, 0.4) is 0 Å². The lowest BCUT2D eigenvalue weighted by Crippen LogP contribution is -2.33. The summed E-state index contributed by atoms with van der Waals surface area (Å²) < 4.78 is 0. The molecule has 2 rings (SSSR count). The van der Waals surface area contributed by atoms with E-state index >= 15 is 0 Å². The van der Waals surface area contributed by atoms with Crippen LogP contribution in [0.1, 0.15) is 25.0 Å². The zero-order valence-corrected chi connectivity index (χ0v) is 10.4. The zero-order valence-electron chi connectivity index (χ0n) is 9.57. The van der Waals surface area contributed by atoms with Crippen LogP contribution in [0, 0.1) is 5.92 Å². The zero-order chi connectivity index (χ0) is 9.97. The van der Waals surface area contributed by atoms with Crippen LogP contribution >= 0.6 is 12.4 Å². The fraction of sp³-hybridized carbons (Fsp3) is 0.538. The minimum atomic E-state index is 0. The maximum Gasteiger partial charge on any atom is 0.0236 e. The third-order valence-electron chi connectivity index (χ3n) is 2.83. The lowest BCUT2D eigenvalue weighted by molar-refractivity contribution is 0.226. The Morgan fingerprint density at radius 2 is 1.87 bits per heavy atom. The molecule has 0 amide bonds. The molecule has 0 spiro atoms. The normalized spacial score (nSPS) is 15.9. The van der Waals surface area contributed by atoms with Crippen molar-refractivity contribution in [1.29, 1.82) is 0 Å². The third kappa shape index (κ3) is 3.22. The van der Waals surface area contributed by atoms with Crippen molar-refractivity contribution in [3.05, 3.63) is 35.4 Å². The summed E-state index contributed by atoms with van der Waals surface area (Å²) in [5.41, 5.74) is 3.08. The van der Waals surface area contributed by atoms with Crippen LogP contribution in [0.4, 0.5) is 0 Å².